The molecule has 0 aliphatic carbocycles. The molecule has 0 aromatic heterocycles. The zero-order chi connectivity index (χ0) is 11.8. The van der Waals surface area contributed by atoms with Gasteiger partial charge in [-0.3, -0.25) is 9.52 Å². The van der Waals surface area contributed by atoms with Gasteiger partial charge in [0, 0.05) is 17.8 Å². The molecule has 1 heterocycles. The van der Waals surface area contributed by atoms with Crippen LogP contribution in [0, 0.1) is 0 Å². The lowest BCUT2D eigenvalue weighted by atomic mass is 10.0. The van der Waals surface area contributed by atoms with Crippen molar-refractivity contribution in [2.45, 2.75) is 12.8 Å². The Balaban J connectivity index is 2.30. The molecule has 0 spiro atoms. The average Bonchev–Trinajstić information content (AvgIpc) is 2.16. The van der Waals surface area contributed by atoms with Crippen LogP contribution in [0.25, 0.3) is 0 Å². The number of fused-ring (bicyclic) bond motifs is 1. The highest BCUT2D eigenvalue weighted by Gasteiger charge is 2.15. The highest BCUT2D eigenvalue weighted by Crippen LogP contribution is 2.25. The second kappa shape index (κ2) is 3.79. The molecule has 1 aliphatic heterocycles. The second-order valence-corrected chi connectivity index (χ2v) is 5.54. The van der Waals surface area contributed by atoms with Gasteiger partial charge in [-0.25, -0.2) is 8.42 Å². The van der Waals surface area contributed by atoms with Crippen LogP contribution in [0.2, 0.25) is 0 Å². The fourth-order valence-electron chi connectivity index (χ4n) is 1.66. The minimum atomic E-state index is -3.25. The van der Waals surface area contributed by atoms with Gasteiger partial charge in [0.2, 0.25) is 15.9 Å². The fourth-order valence-corrected chi connectivity index (χ4v) is 2.22. The van der Waals surface area contributed by atoms with Crippen molar-refractivity contribution in [2.75, 3.05) is 16.3 Å². The zero-order valence-electron chi connectivity index (χ0n) is 8.78. The average molecular weight is 240 g/mol. The summed E-state index contributed by atoms with van der Waals surface area (Å²) in [5.41, 5.74) is 2.24. The molecule has 0 fully saturated rings. The van der Waals surface area contributed by atoms with Crippen LogP contribution < -0.4 is 10.0 Å². The van der Waals surface area contributed by atoms with E-state index in [1.165, 1.54) is 0 Å². The van der Waals surface area contributed by atoms with Crippen molar-refractivity contribution in [3.05, 3.63) is 23.8 Å². The van der Waals surface area contributed by atoms with Gasteiger partial charge in [-0.1, -0.05) is 0 Å². The zero-order valence-corrected chi connectivity index (χ0v) is 9.60. The van der Waals surface area contributed by atoms with E-state index in [2.05, 4.69) is 10.0 Å². The molecule has 0 radical (unpaired) electrons. The first kappa shape index (κ1) is 10.9. The summed E-state index contributed by atoms with van der Waals surface area (Å²) < 4.78 is 24.5. The van der Waals surface area contributed by atoms with Crippen LogP contribution in [0.5, 0.6) is 0 Å². The Labute approximate surface area is 93.9 Å². The normalized spacial score (nSPS) is 15.2. The van der Waals surface area contributed by atoms with Crippen LogP contribution in [0.4, 0.5) is 11.4 Å². The first-order valence-corrected chi connectivity index (χ1v) is 6.74. The van der Waals surface area contributed by atoms with Crippen molar-refractivity contribution >= 4 is 27.3 Å². The van der Waals surface area contributed by atoms with Crippen LogP contribution in [0.15, 0.2) is 18.2 Å². The van der Waals surface area contributed by atoms with Gasteiger partial charge in [-0.15, -0.1) is 0 Å². The summed E-state index contributed by atoms with van der Waals surface area (Å²) in [5.74, 6) is -0.00341. The van der Waals surface area contributed by atoms with Gasteiger partial charge in [-0.2, -0.15) is 0 Å². The lowest BCUT2D eigenvalue weighted by molar-refractivity contribution is -0.116. The predicted molar refractivity (Wildman–Crippen MR) is 61.9 cm³/mol. The van der Waals surface area contributed by atoms with E-state index in [9.17, 15) is 13.2 Å². The van der Waals surface area contributed by atoms with Gasteiger partial charge in [0.15, 0.2) is 0 Å². The molecule has 0 atom stereocenters. The molecule has 1 aromatic rings. The van der Waals surface area contributed by atoms with E-state index in [-0.39, 0.29) is 5.91 Å². The number of hydrogen-bond acceptors (Lipinski definition) is 3. The van der Waals surface area contributed by atoms with Crippen molar-refractivity contribution < 1.29 is 13.2 Å². The van der Waals surface area contributed by atoms with Gasteiger partial charge in [0.05, 0.1) is 6.26 Å². The summed E-state index contributed by atoms with van der Waals surface area (Å²) in [7, 11) is -3.25. The quantitative estimate of drug-likeness (QED) is 0.808. The Morgan fingerprint density at radius 1 is 1.31 bits per heavy atom. The number of anilines is 2. The standard InChI is InChI=1S/C10H12N2O3S/c1-16(14,15)12-8-3-4-9-7(6-8)2-5-10(13)11-9/h3-4,6,12H,2,5H2,1H3,(H,11,13). The molecule has 1 aliphatic rings. The number of hydrogen-bond donors (Lipinski definition) is 2. The molecule has 2 N–H and O–H groups in total. The second-order valence-electron chi connectivity index (χ2n) is 3.79. The largest absolute Gasteiger partial charge is 0.326 e. The van der Waals surface area contributed by atoms with Gasteiger partial charge in [-0.05, 0) is 30.2 Å². The number of carbonyl (C=O) groups excluding carboxylic acids is 1. The minimum absolute atomic E-state index is 0.00341. The summed E-state index contributed by atoms with van der Waals surface area (Å²) in [6.45, 7) is 0. The number of aryl methyl sites for hydroxylation is 1. The molecular weight excluding hydrogens is 228 g/mol. The molecule has 6 heteroatoms. The van der Waals surface area contributed by atoms with Crippen LogP contribution in [-0.4, -0.2) is 20.6 Å². The number of carbonyl (C=O) groups is 1. The summed E-state index contributed by atoms with van der Waals surface area (Å²) in [4.78, 5) is 11.1. The van der Waals surface area contributed by atoms with E-state index >= 15 is 0 Å². The number of nitrogens with one attached hydrogen (secondary N) is 2. The lowest BCUT2D eigenvalue weighted by Gasteiger charge is -2.17. The third-order valence-electron chi connectivity index (χ3n) is 2.30. The van der Waals surface area contributed by atoms with Gasteiger partial charge in [0.1, 0.15) is 0 Å². The Bertz CT molecular complexity index is 537. The summed E-state index contributed by atoms with van der Waals surface area (Å²) in [6.07, 6.45) is 2.18. The SMILES string of the molecule is CS(=O)(=O)Nc1ccc2c(c1)CCC(=O)N2. The van der Waals surface area contributed by atoms with Crippen molar-refractivity contribution in [1.29, 1.82) is 0 Å². The minimum Gasteiger partial charge on any atom is -0.326 e. The number of rotatable bonds is 2. The van der Waals surface area contributed by atoms with Crippen LogP contribution in [0.3, 0.4) is 0 Å². The maximum Gasteiger partial charge on any atom is 0.229 e. The third-order valence-corrected chi connectivity index (χ3v) is 2.91. The summed E-state index contributed by atoms with van der Waals surface area (Å²) in [6, 6.07) is 5.08. The smallest absolute Gasteiger partial charge is 0.229 e. The maximum absolute atomic E-state index is 11.1. The fraction of sp³-hybridized carbons (Fsp3) is 0.300. The molecule has 5 nitrogen and oxygen atoms in total. The summed E-state index contributed by atoms with van der Waals surface area (Å²) in [5, 5.41) is 2.73. The van der Waals surface area contributed by atoms with E-state index in [4.69, 9.17) is 0 Å². The molecule has 86 valence electrons. The van der Waals surface area contributed by atoms with E-state index in [0.29, 0.717) is 18.5 Å². The highest BCUT2D eigenvalue weighted by molar-refractivity contribution is 7.92. The first-order chi connectivity index (χ1) is 7.44. The van der Waals surface area contributed by atoms with Crippen molar-refractivity contribution in [3.63, 3.8) is 0 Å². The van der Waals surface area contributed by atoms with Gasteiger partial charge >= 0.3 is 0 Å². The molecule has 16 heavy (non-hydrogen) atoms. The Morgan fingerprint density at radius 3 is 2.75 bits per heavy atom. The highest BCUT2D eigenvalue weighted by atomic mass is 32.2. The molecule has 0 unspecified atom stereocenters. The predicted octanol–water partition coefficient (Wildman–Crippen LogP) is 0.943. The van der Waals surface area contributed by atoms with Crippen LogP contribution in [-0.2, 0) is 21.2 Å². The Hall–Kier alpha value is -1.56. The maximum atomic E-state index is 11.1. The first-order valence-electron chi connectivity index (χ1n) is 4.84. The van der Waals surface area contributed by atoms with Gasteiger partial charge in [0.25, 0.3) is 0 Å². The van der Waals surface area contributed by atoms with E-state index in [0.717, 1.165) is 17.5 Å². The topological polar surface area (TPSA) is 75.3 Å². The number of benzene rings is 1. The Kier molecular flexibility index (Phi) is 2.59. The van der Waals surface area contributed by atoms with Gasteiger partial charge < -0.3 is 5.32 Å². The van der Waals surface area contributed by atoms with Crippen LogP contribution in [0.1, 0.15) is 12.0 Å². The molecule has 1 amide bonds. The lowest BCUT2D eigenvalue weighted by Crippen LogP contribution is -2.19. The third kappa shape index (κ3) is 2.52. The monoisotopic (exact) mass is 240 g/mol. The van der Waals surface area contributed by atoms with Crippen molar-refractivity contribution in [3.8, 4) is 0 Å². The Morgan fingerprint density at radius 2 is 2.06 bits per heavy atom. The molecule has 0 saturated heterocycles. The molecular formula is C10H12N2O3S. The van der Waals surface area contributed by atoms with E-state index in [1.807, 2.05) is 0 Å². The molecule has 0 saturated carbocycles. The van der Waals surface area contributed by atoms with Crippen LogP contribution >= 0.6 is 0 Å². The summed E-state index contributed by atoms with van der Waals surface area (Å²) >= 11 is 0. The van der Waals surface area contributed by atoms with Crippen molar-refractivity contribution in [2.24, 2.45) is 0 Å². The molecule has 1 aromatic carbocycles. The number of sulfonamides is 1. The van der Waals surface area contributed by atoms with Crippen molar-refractivity contribution in [1.82, 2.24) is 0 Å². The van der Waals surface area contributed by atoms with E-state index < -0.39 is 10.0 Å². The molecule has 2 rings (SSSR count). The van der Waals surface area contributed by atoms with E-state index in [1.54, 1.807) is 18.2 Å². The number of amides is 1. The molecule has 0 bridgehead atoms.